The molecule has 2 rings (SSSR count). The fourth-order valence-corrected chi connectivity index (χ4v) is 2.85. The van der Waals surface area contributed by atoms with Crippen molar-refractivity contribution in [3.63, 3.8) is 0 Å². The van der Waals surface area contributed by atoms with E-state index < -0.39 is 0 Å². The van der Waals surface area contributed by atoms with Crippen LogP contribution in [0.25, 0.3) is 0 Å². The molecule has 0 spiro atoms. The van der Waals surface area contributed by atoms with Crippen molar-refractivity contribution in [3.05, 3.63) is 30.3 Å². The molecule has 3 nitrogen and oxygen atoms in total. The molecule has 1 heterocycles. The van der Waals surface area contributed by atoms with Gasteiger partial charge in [0, 0.05) is 17.9 Å². The molecule has 1 aromatic rings. The zero-order chi connectivity index (χ0) is 13.5. The molecule has 0 aromatic heterocycles. The normalized spacial score (nSPS) is 18.6. The van der Waals surface area contributed by atoms with Crippen LogP contribution in [-0.2, 0) is 4.79 Å². The van der Waals surface area contributed by atoms with Crippen LogP contribution in [0.2, 0.25) is 0 Å². The van der Waals surface area contributed by atoms with Crippen LogP contribution in [0.15, 0.2) is 30.3 Å². The largest absolute Gasteiger partial charge is 0.484 e. The minimum Gasteiger partial charge on any atom is -0.484 e. The summed E-state index contributed by atoms with van der Waals surface area (Å²) >= 11 is 3.45. The number of carbonyl (C=O) groups excluding carboxylic acids is 1. The Balaban J connectivity index is 1.82. The second kappa shape index (κ2) is 7.53. The Morgan fingerprint density at radius 1 is 1.37 bits per heavy atom. The topological polar surface area (TPSA) is 29.5 Å². The van der Waals surface area contributed by atoms with Crippen LogP contribution in [0.5, 0.6) is 5.75 Å². The number of alkyl halides is 1. The summed E-state index contributed by atoms with van der Waals surface area (Å²) in [7, 11) is 0. The number of benzene rings is 1. The second-order valence-corrected chi connectivity index (χ2v) is 5.61. The summed E-state index contributed by atoms with van der Waals surface area (Å²) in [6.45, 7) is 1.03. The molecule has 1 saturated heterocycles. The van der Waals surface area contributed by atoms with Crippen molar-refractivity contribution >= 4 is 21.8 Å². The summed E-state index contributed by atoms with van der Waals surface area (Å²) < 4.78 is 5.53. The molecule has 19 heavy (non-hydrogen) atoms. The molecule has 0 N–H and O–H groups in total. The van der Waals surface area contributed by atoms with Crippen LogP contribution in [0.3, 0.4) is 0 Å². The van der Waals surface area contributed by atoms with E-state index in [1.807, 2.05) is 35.2 Å². The van der Waals surface area contributed by atoms with E-state index in [1.54, 1.807) is 0 Å². The third-order valence-electron chi connectivity index (χ3n) is 3.47. The van der Waals surface area contributed by atoms with E-state index in [0.29, 0.717) is 6.04 Å². The van der Waals surface area contributed by atoms with E-state index in [4.69, 9.17) is 4.74 Å². The maximum atomic E-state index is 12.2. The monoisotopic (exact) mass is 325 g/mol. The predicted octanol–water partition coefficient (Wildman–Crippen LogP) is 3.23. The highest BCUT2D eigenvalue weighted by Gasteiger charge is 2.28. The average Bonchev–Trinajstić information content (AvgIpc) is 2.92. The molecule has 0 bridgehead atoms. The van der Waals surface area contributed by atoms with Gasteiger partial charge in [-0.25, -0.2) is 0 Å². The lowest BCUT2D eigenvalue weighted by Gasteiger charge is -2.24. The fourth-order valence-electron chi connectivity index (χ4n) is 2.52. The van der Waals surface area contributed by atoms with Gasteiger partial charge in [-0.15, -0.1) is 0 Å². The number of halogens is 1. The van der Waals surface area contributed by atoms with E-state index in [0.717, 1.165) is 43.3 Å². The Bertz CT molecular complexity index is 396. The van der Waals surface area contributed by atoms with Gasteiger partial charge in [-0.3, -0.25) is 4.79 Å². The lowest BCUT2D eigenvalue weighted by Crippen LogP contribution is -2.38. The van der Waals surface area contributed by atoms with E-state index in [1.165, 1.54) is 0 Å². The Kier molecular flexibility index (Phi) is 5.70. The SMILES string of the molecule is O=C(COc1ccccc1)N1CCCC1CCCBr. The van der Waals surface area contributed by atoms with Gasteiger partial charge in [0.1, 0.15) is 5.75 Å². The molecular weight excluding hydrogens is 306 g/mol. The molecule has 1 aliphatic rings. The summed E-state index contributed by atoms with van der Waals surface area (Å²) in [6.07, 6.45) is 4.45. The molecule has 1 aromatic carbocycles. The van der Waals surface area contributed by atoms with E-state index >= 15 is 0 Å². The molecular formula is C15H20BrNO2. The van der Waals surface area contributed by atoms with Gasteiger partial charge in [0.2, 0.25) is 0 Å². The van der Waals surface area contributed by atoms with E-state index in [9.17, 15) is 4.79 Å². The highest BCUT2D eigenvalue weighted by atomic mass is 79.9. The number of para-hydroxylation sites is 1. The van der Waals surface area contributed by atoms with Crippen LogP contribution in [-0.4, -0.2) is 35.3 Å². The van der Waals surface area contributed by atoms with Gasteiger partial charge < -0.3 is 9.64 Å². The molecule has 1 unspecified atom stereocenters. The number of likely N-dealkylation sites (tertiary alicyclic amines) is 1. The first-order chi connectivity index (χ1) is 9.31. The molecule has 1 amide bonds. The molecule has 4 heteroatoms. The lowest BCUT2D eigenvalue weighted by molar-refractivity contribution is -0.134. The number of carbonyl (C=O) groups is 1. The number of amides is 1. The second-order valence-electron chi connectivity index (χ2n) is 4.82. The average molecular weight is 326 g/mol. The smallest absolute Gasteiger partial charge is 0.260 e. The maximum Gasteiger partial charge on any atom is 0.260 e. The molecule has 0 saturated carbocycles. The number of hydrogen-bond acceptors (Lipinski definition) is 2. The zero-order valence-electron chi connectivity index (χ0n) is 11.1. The number of nitrogens with zero attached hydrogens (tertiary/aromatic N) is 1. The van der Waals surface area contributed by atoms with Crippen molar-refractivity contribution in [2.45, 2.75) is 31.7 Å². The molecule has 0 aliphatic carbocycles. The van der Waals surface area contributed by atoms with Gasteiger partial charge in [0.25, 0.3) is 5.91 Å². The summed E-state index contributed by atoms with van der Waals surface area (Å²) in [5.74, 6) is 0.869. The lowest BCUT2D eigenvalue weighted by atomic mass is 10.1. The molecule has 1 aliphatic heterocycles. The Hall–Kier alpha value is -1.03. The first-order valence-corrected chi connectivity index (χ1v) is 7.96. The van der Waals surface area contributed by atoms with Gasteiger partial charge in [-0.2, -0.15) is 0 Å². The van der Waals surface area contributed by atoms with Crippen molar-refractivity contribution in [1.82, 2.24) is 4.90 Å². The minimum absolute atomic E-state index is 0.112. The molecule has 0 radical (unpaired) electrons. The van der Waals surface area contributed by atoms with Crippen LogP contribution < -0.4 is 4.74 Å². The highest BCUT2D eigenvalue weighted by Crippen LogP contribution is 2.22. The Morgan fingerprint density at radius 3 is 2.89 bits per heavy atom. The number of ether oxygens (including phenoxy) is 1. The molecule has 104 valence electrons. The van der Waals surface area contributed by atoms with Crippen LogP contribution in [0, 0.1) is 0 Å². The third kappa shape index (κ3) is 4.23. The Labute approximate surface area is 123 Å². The van der Waals surface area contributed by atoms with Crippen molar-refractivity contribution in [3.8, 4) is 5.75 Å². The van der Waals surface area contributed by atoms with Gasteiger partial charge >= 0.3 is 0 Å². The van der Waals surface area contributed by atoms with Gasteiger partial charge in [0.05, 0.1) is 0 Å². The van der Waals surface area contributed by atoms with Crippen molar-refractivity contribution < 1.29 is 9.53 Å². The van der Waals surface area contributed by atoms with Crippen molar-refractivity contribution in [1.29, 1.82) is 0 Å². The van der Waals surface area contributed by atoms with Crippen LogP contribution in [0.4, 0.5) is 0 Å². The van der Waals surface area contributed by atoms with E-state index in [-0.39, 0.29) is 12.5 Å². The number of hydrogen-bond donors (Lipinski definition) is 0. The van der Waals surface area contributed by atoms with Gasteiger partial charge in [0.15, 0.2) is 6.61 Å². The van der Waals surface area contributed by atoms with E-state index in [2.05, 4.69) is 15.9 Å². The third-order valence-corrected chi connectivity index (χ3v) is 4.03. The summed E-state index contributed by atoms with van der Waals surface area (Å²) in [6, 6.07) is 9.91. The van der Waals surface area contributed by atoms with Crippen LogP contribution in [0.1, 0.15) is 25.7 Å². The van der Waals surface area contributed by atoms with Crippen molar-refractivity contribution in [2.75, 3.05) is 18.5 Å². The fraction of sp³-hybridized carbons (Fsp3) is 0.533. The number of rotatable bonds is 6. The molecule has 1 atom stereocenters. The van der Waals surface area contributed by atoms with Gasteiger partial charge in [-0.1, -0.05) is 34.1 Å². The molecule has 1 fully saturated rings. The standard InChI is InChI=1S/C15H20BrNO2/c16-10-4-6-13-7-5-11-17(13)15(18)12-19-14-8-2-1-3-9-14/h1-3,8-9,13H,4-7,10-12H2. The predicted molar refractivity (Wildman–Crippen MR) is 79.7 cm³/mol. The summed E-state index contributed by atoms with van der Waals surface area (Å²) in [4.78, 5) is 14.2. The summed E-state index contributed by atoms with van der Waals surface area (Å²) in [5.41, 5.74) is 0. The quantitative estimate of drug-likeness (QED) is 0.751. The Morgan fingerprint density at radius 2 is 2.16 bits per heavy atom. The first kappa shape index (κ1) is 14.4. The highest BCUT2D eigenvalue weighted by molar-refractivity contribution is 9.09. The van der Waals surface area contributed by atoms with Crippen molar-refractivity contribution in [2.24, 2.45) is 0 Å². The summed E-state index contributed by atoms with van der Waals surface area (Å²) in [5, 5.41) is 1.01. The minimum atomic E-state index is 0.112. The van der Waals surface area contributed by atoms with Gasteiger partial charge in [-0.05, 0) is 37.8 Å². The van der Waals surface area contributed by atoms with Crippen LogP contribution >= 0.6 is 15.9 Å². The zero-order valence-corrected chi connectivity index (χ0v) is 12.6. The first-order valence-electron chi connectivity index (χ1n) is 6.84. The maximum absolute atomic E-state index is 12.2.